The Morgan fingerprint density at radius 2 is 2.36 bits per heavy atom. The maximum Gasteiger partial charge on any atom is 0.190 e. The maximum atomic E-state index is 9.91. The van der Waals surface area contributed by atoms with Crippen LogP contribution in [0.5, 0.6) is 0 Å². The normalized spacial score (nSPS) is 9.18. The topological polar surface area (TPSA) is 68.1 Å². The number of hydrogen-bond donors (Lipinski definition) is 1. The van der Waals surface area contributed by atoms with Crippen LogP contribution in [-0.4, -0.2) is 10.0 Å². The van der Waals surface area contributed by atoms with E-state index in [-0.39, 0.29) is 5.82 Å². The van der Waals surface area contributed by atoms with Crippen molar-refractivity contribution in [2.24, 2.45) is 0 Å². The van der Waals surface area contributed by atoms with Crippen molar-refractivity contribution in [2.75, 3.05) is 5.43 Å². The number of hydrogen-bond acceptors (Lipinski definition) is 3. The van der Waals surface area contributed by atoms with Gasteiger partial charge in [0.1, 0.15) is 0 Å². The van der Waals surface area contributed by atoms with E-state index >= 15 is 0 Å². The highest BCUT2D eigenvalue weighted by Crippen LogP contribution is 2.06. The summed E-state index contributed by atoms with van der Waals surface area (Å²) in [7, 11) is 0. The van der Waals surface area contributed by atoms with Gasteiger partial charge >= 0.3 is 0 Å². The Balaban J connectivity index is 2.74. The summed E-state index contributed by atoms with van der Waals surface area (Å²) in [5.74, 6) is 0.246. The number of rotatable bonds is 2. The first-order valence-corrected chi connectivity index (χ1v) is 3.79. The van der Waals surface area contributed by atoms with Crippen LogP contribution in [0.2, 0.25) is 0 Å². The van der Waals surface area contributed by atoms with Gasteiger partial charge in [-0.1, -0.05) is 5.43 Å². The van der Waals surface area contributed by atoms with E-state index in [1.807, 2.05) is 5.43 Å². The van der Waals surface area contributed by atoms with Gasteiger partial charge in [0, 0.05) is 9.77 Å². The van der Waals surface area contributed by atoms with Crippen molar-refractivity contribution >= 4 is 28.4 Å². The first kappa shape index (κ1) is 8.18. The van der Waals surface area contributed by atoms with E-state index in [2.05, 4.69) is 27.6 Å². The molecule has 1 N–H and O–H groups in total. The van der Waals surface area contributed by atoms with Crippen molar-refractivity contribution in [3.63, 3.8) is 0 Å². The molecule has 0 atom stereocenters. The number of nitro groups is 1. The van der Waals surface area contributed by atoms with E-state index in [1.54, 1.807) is 18.3 Å². The van der Waals surface area contributed by atoms with Crippen LogP contribution in [-0.2, 0) is 0 Å². The number of aromatic nitrogens is 1. The molecule has 0 spiro atoms. The molecule has 0 aliphatic rings. The number of hydrazine groups is 1. The molecule has 0 aliphatic heterocycles. The quantitative estimate of drug-likeness (QED) is 0.497. The summed E-state index contributed by atoms with van der Waals surface area (Å²) in [5.41, 5.74) is 1.94. The average Bonchev–Trinajstić information content (AvgIpc) is 1.93. The monoisotopic (exact) mass is 265 g/mol. The molecule has 0 saturated carbocycles. The minimum Gasteiger partial charge on any atom is -0.234 e. The van der Waals surface area contributed by atoms with E-state index in [4.69, 9.17) is 0 Å². The highest BCUT2D eigenvalue weighted by atomic mass is 127. The number of nitrogens with one attached hydrogen (secondary N) is 1. The lowest BCUT2D eigenvalue weighted by molar-refractivity contribution is -0.445. The molecule has 0 amide bonds. The molecule has 1 rings (SSSR count). The molecule has 0 radical (unpaired) electrons. The van der Waals surface area contributed by atoms with Gasteiger partial charge in [0.05, 0.1) is 0 Å². The zero-order chi connectivity index (χ0) is 8.27. The van der Waals surface area contributed by atoms with Crippen molar-refractivity contribution in [3.8, 4) is 0 Å². The summed E-state index contributed by atoms with van der Waals surface area (Å²) < 4.78 is 0.941. The number of nitrogens with zero attached hydrogens (tertiary/aromatic N) is 2. The largest absolute Gasteiger partial charge is 0.234 e. The molecular weight excluding hydrogens is 261 g/mol. The summed E-state index contributed by atoms with van der Waals surface area (Å²) in [5, 5.41) is 9.26. The smallest absolute Gasteiger partial charge is 0.190 e. The molecule has 1 aromatic rings. The second kappa shape index (κ2) is 3.46. The summed E-state index contributed by atoms with van der Waals surface area (Å²) in [6.45, 7) is 0. The molecule has 58 valence electrons. The average molecular weight is 265 g/mol. The summed E-state index contributed by atoms with van der Waals surface area (Å²) in [4.78, 5) is 13.7. The standard InChI is InChI=1S/C5H4IN3O2/c6-4-1-2-5(7-3-4)8-9(10)11/h1-3H,(H,7,8). The van der Waals surface area contributed by atoms with Gasteiger partial charge in [-0.15, -0.1) is 0 Å². The molecule has 1 aromatic heterocycles. The fourth-order valence-electron chi connectivity index (χ4n) is 0.535. The molecule has 1 heterocycles. The van der Waals surface area contributed by atoms with Gasteiger partial charge in [-0.2, -0.15) is 0 Å². The summed E-state index contributed by atoms with van der Waals surface area (Å²) in [6.07, 6.45) is 1.55. The van der Waals surface area contributed by atoms with Gasteiger partial charge in [0.15, 0.2) is 10.9 Å². The lowest BCUT2D eigenvalue weighted by atomic mass is 10.5. The van der Waals surface area contributed by atoms with Gasteiger partial charge in [0.2, 0.25) is 0 Å². The Morgan fingerprint density at radius 1 is 1.64 bits per heavy atom. The minimum atomic E-state index is -0.644. The molecule has 0 aromatic carbocycles. The van der Waals surface area contributed by atoms with Crippen molar-refractivity contribution in [1.82, 2.24) is 4.98 Å². The summed E-state index contributed by atoms with van der Waals surface area (Å²) in [6, 6.07) is 3.28. The van der Waals surface area contributed by atoms with Crippen molar-refractivity contribution in [2.45, 2.75) is 0 Å². The molecule has 5 nitrogen and oxygen atoms in total. The van der Waals surface area contributed by atoms with Crippen molar-refractivity contribution in [1.29, 1.82) is 0 Å². The molecule has 0 unspecified atom stereocenters. The van der Waals surface area contributed by atoms with Crippen LogP contribution < -0.4 is 5.43 Å². The van der Waals surface area contributed by atoms with Gasteiger partial charge < -0.3 is 0 Å². The predicted octanol–water partition coefficient (Wildman–Crippen LogP) is 1.29. The third-order valence-electron chi connectivity index (χ3n) is 0.933. The van der Waals surface area contributed by atoms with Crippen LogP contribution in [0, 0.1) is 13.7 Å². The minimum absolute atomic E-state index is 0.246. The zero-order valence-corrected chi connectivity index (χ0v) is 7.48. The van der Waals surface area contributed by atoms with E-state index in [1.165, 1.54) is 0 Å². The molecule has 0 aliphatic carbocycles. The first-order valence-electron chi connectivity index (χ1n) is 2.71. The van der Waals surface area contributed by atoms with Crippen molar-refractivity contribution < 1.29 is 5.03 Å². The van der Waals surface area contributed by atoms with Crippen molar-refractivity contribution in [3.05, 3.63) is 32.0 Å². The third-order valence-corrected chi connectivity index (χ3v) is 1.57. The van der Waals surface area contributed by atoms with E-state index in [0.717, 1.165) is 3.57 Å². The maximum absolute atomic E-state index is 9.91. The van der Waals surface area contributed by atoms with Crippen LogP contribution in [0.15, 0.2) is 18.3 Å². The van der Waals surface area contributed by atoms with Crippen LogP contribution in [0.1, 0.15) is 0 Å². The molecular formula is C5H4IN3O2. The molecule has 0 fully saturated rings. The Bertz CT molecular complexity index is 261. The lowest BCUT2D eigenvalue weighted by Gasteiger charge is -1.94. The second-order valence-electron chi connectivity index (χ2n) is 1.73. The van der Waals surface area contributed by atoms with Gasteiger partial charge in [-0.05, 0) is 34.7 Å². The third kappa shape index (κ3) is 2.66. The fourth-order valence-corrected chi connectivity index (χ4v) is 0.855. The van der Waals surface area contributed by atoms with Crippen LogP contribution >= 0.6 is 22.6 Å². The van der Waals surface area contributed by atoms with E-state index in [9.17, 15) is 10.1 Å². The van der Waals surface area contributed by atoms with Gasteiger partial charge in [-0.3, -0.25) is 0 Å². The number of pyridine rings is 1. The number of halogens is 1. The first-order chi connectivity index (χ1) is 5.18. The predicted molar refractivity (Wildman–Crippen MR) is 47.6 cm³/mol. The lowest BCUT2D eigenvalue weighted by Crippen LogP contribution is -2.08. The van der Waals surface area contributed by atoms with E-state index in [0.29, 0.717) is 0 Å². The molecule has 0 saturated heterocycles. The van der Waals surface area contributed by atoms with Crippen LogP contribution in [0.25, 0.3) is 0 Å². The highest BCUT2D eigenvalue weighted by molar-refractivity contribution is 14.1. The molecule has 11 heavy (non-hydrogen) atoms. The van der Waals surface area contributed by atoms with Crippen LogP contribution in [0.4, 0.5) is 5.82 Å². The highest BCUT2D eigenvalue weighted by Gasteiger charge is 1.97. The Kier molecular flexibility index (Phi) is 2.58. The van der Waals surface area contributed by atoms with E-state index < -0.39 is 5.03 Å². The van der Waals surface area contributed by atoms with Gasteiger partial charge in [0.25, 0.3) is 0 Å². The molecule has 6 heteroatoms. The molecule has 0 bridgehead atoms. The SMILES string of the molecule is O=[N+]([O-])Nc1ccc(I)cn1. The Labute approximate surface area is 76.1 Å². The Morgan fingerprint density at radius 3 is 2.82 bits per heavy atom. The summed E-state index contributed by atoms with van der Waals surface area (Å²) >= 11 is 2.07. The van der Waals surface area contributed by atoms with Crippen LogP contribution in [0.3, 0.4) is 0 Å². The second-order valence-corrected chi connectivity index (χ2v) is 2.98. The zero-order valence-electron chi connectivity index (χ0n) is 5.32. The Hall–Kier alpha value is -0.920. The fraction of sp³-hybridized carbons (Fsp3) is 0. The number of anilines is 1. The van der Waals surface area contributed by atoms with Gasteiger partial charge in [-0.25, -0.2) is 15.1 Å².